The third-order valence-electron chi connectivity index (χ3n) is 4.30. The van der Waals surface area contributed by atoms with Crippen LogP contribution in [0.3, 0.4) is 0 Å². The molecule has 2 amide bonds. The fourth-order valence-electron chi connectivity index (χ4n) is 3.12. The number of benzene rings is 2. The van der Waals surface area contributed by atoms with E-state index in [9.17, 15) is 9.59 Å². The maximum atomic E-state index is 12.9. The molecule has 0 fully saturated rings. The van der Waals surface area contributed by atoms with Crippen LogP contribution in [0, 0.1) is 0 Å². The SMILES string of the molecule is O=C1COc2cccc(C(=O)N3CCc4ccccc4C3)c2N1. The van der Waals surface area contributed by atoms with Crippen molar-refractivity contribution < 1.29 is 14.3 Å². The minimum atomic E-state index is -0.235. The van der Waals surface area contributed by atoms with Crippen molar-refractivity contribution in [2.75, 3.05) is 18.5 Å². The van der Waals surface area contributed by atoms with E-state index in [0.29, 0.717) is 30.1 Å². The zero-order chi connectivity index (χ0) is 15.8. The minimum absolute atomic E-state index is 0.0122. The predicted molar refractivity (Wildman–Crippen MR) is 85.5 cm³/mol. The van der Waals surface area contributed by atoms with Crippen LogP contribution in [0.25, 0.3) is 0 Å². The van der Waals surface area contributed by atoms with Gasteiger partial charge in [0, 0.05) is 13.1 Å². The fourth-order valence-corrected chi connectivity index (χ4v) is 3.12. The lowest BCUT2D eigenvalue weighted by Crippen LogP contribution is -2.37. The zero-order valence-electron chi connectivity index (χ0n) is 12.5. The highest BCUT2D eigenvalue weighted by molar-refractivity contribution is 6.06. The number of nitrogens with one attached hydrogen (secondary N) is 1. The molecule has 1 N–H and O–H groups in total. The molecule has 0 atom stereocenters. The Morgan fingerprint density at radius 1 is 1.09 bits per heavy atom. The van der Waals surface area contributed by atoms with Crippen molar-refractivity contribution in [2.45, 2.75) is 13.0 Å². The van der Waals surface area contributed by atoms with Gasteiger partial charge >= 0.3 is 0 Å². The van der Waals surface area contributed by atoms with E-state index in [2.05, 4.69) is 17.4 Å². The predicted octanol–water partition coefficient (Wildman–Crippen LogP) is 2.22. The van der Waals surface area contributed by atoms with Gasteiger partial charge in [0.15, 0.2) is 6.61 Å². The van der Waals surface area contributed by atoms with E-state index in [1.54, 1.807) is 18.2 Å². The van der Waals surface area contributed by atoms with Crippen LogP contribution in [-0.4, -0.2) is 29.9 Å². The first kappa shape index (κ1) is 13.8. The third kappa shape index (κ3) is 2.44. The van der Waals surface area contributed by atoms with Crippen LogP contribution in [-0.2, 0) is 17.8 Å². The van der Waals surface area contributed by atoms with Crippen LogP contribution in [0.1, 0.15) is 21.5 Å². The van der Waals surface area contributed by atoms with Gasteiger partial charge in [-0.3, -0.25) is 9.59 Å². The molecule has 0 aliphatic carbocycles. The standard InChI is InChI=1S/C18H16N2O3/c21-16-11-23-15-7-3-6-14(17(15)19-16)18(22)20-9-8-12-4-1-2-5-13(12)10-20/h1-7H,8-11H2,(H,19,21). The van der Waals surface area contributed by atoms with Gasteiger partial charge in [0.25, 0.3) is 11.8 Å². The third-order valence-corrected chi connectivity index (χ3v) is 4.30. The second-order valence-electron chi connectivity index (χ2n) is 5.76. The zero-order valence-corrected chi connectivity index (χ0v) is 12.5. The normalized spacial score (nSPS) is 16.0. The number of hydrogen-bond donors (Lipinski definition) is 1. The van der Waals surface area contributed by atoms with Crippen LogP contribution in [0.15, 0.2) is 42.5 Å². The first-order valence-corrected chi connectivity index (χ1v) is 7.64. The topological polar surface area (TPSA) is 58.6 Å². The second kappa shape index (κ2) is 5.43. The number of ether oxygens (including phenoxy) is 1. The highest BCUT2D eigenvalue weighted by Gasteiger charge is 2.27. The molecule has 2 heterocycles. The Kier molecular flexibility index (Phi) is 3.26. The summed E-state index contributed by atoms with van der Waals surface area (Å²) in [5.74, 6) is 0.233. The van der Waals surface area contributed by atoms with Gasteiger partial charge in [-0.25, -0.2) is 0 Å². The molecule has 2 aliphatic rings. The molecule has 2 aliphatic heterocycles. The quantitative estimate of drug-likeness (QED) is 0.879. The van der Waals surface area contributed by atoms with Crippen LogP contribution in [0.4, 0.5) is 5.69 Å². The molecule has 0 bridgehead atoms. The van der Waals surface area contributed by atoms with Gasteiger partial charge in [0.1, 0.15) is 5.75 Å². The Hall–Kier alpha value is -2.82. The summed E-state index contributed by atoms with van der Waals surface area (Å²) in [7, 11) is 0. The van der Waals surface area contributed by atoms with E-state index in [4.69, 9.17) is 4.74 Å². The molecule has 0 aromatic heterocycles. The van der Waals surface area contributed by atoms with Crippen LogP contribution >= 0.6 is 0 Å². The number of carbonyl (C=O) groups excluding carboxylic acids is 2. The summed E-state index contributed by atoms with van der Waals surface area (Å²) in [6, 6.07) is 13.5. The van der Waals surface area contributed by atoms with Gasteiger partial charge in [-0.2, -0.15) is 0 Å². The van der Waals surface area contributed by atoms with Gasteiger partial charge in [-0.1, -0.05) is 30.3 Å². The fraction of sp³-hybridized carbons (Fsp3) is 0.222. The van der Waals surface area contributed by atoms with E-state index in [1.807, 2.05) is 17.0 Å². The molecule has 116 valence electrons. The van der Waals surface area contributed by atoms with E-state index in [-0.39, 0.29) is 18.4 Å². The van der Waals surface area contributed by atoms with E-state index in [0.717, 1.165) is 6.42 Å². The first-order valence-electron chi connectivity index (χ1n) is 7.64. The molecular formula is C18H16N2O3. The van der Waals surface area contributed by atoms with Crippen molar-refractivity contribution in [2.24, 2.45) is 0 Å². The highest BCUT2D eigenvalue weighted by atomic mass is 16.5. The minimum Gasteiger partial charge on any atom is -0.482 e. The van der Waals surface area contributed by atoms with E-state index < -0.39 is 0 Å². The summed E-state index contributed by atoms with van der Waals surface area (Å²) in [6.07, 6.45) is 0.847. The van der Waals surface area contributed by atoms with Gasteiger partial charge in [0.05, 0.1) is 11.3 Å². The van der Waals surface area contributed by atoms with Crippen molar-refractivity contribution in [3.63, 3.8) is 0 Å². The van der Waals surface area contributed by atoms with Gasteiger partial charge in [-0.15, -0.1) is 0 Å². The summed E-state index contributed by atoms with van der Waals surface area (Å²) in [6.45, 7) is 1.25. The average Bonchev–Trinajstić information content (AvgIpc) is 2.60. The number of anilines is 1. The first-order chi connectivity index (χ1) is 11.2. The maximum absolute atomic E-state index is 12.9. The molecular weight excluding hydrogens is 292 g/mol. The van der Waals surface area contributed by atoms with Crippen LogP contribution in [0.2, 0.25) is 0 Å². The van der Waals surface area contributed by atoms with Gasteiger partial charge < -0.3 is 15.0 Å². The molecule has 0 spiro atoms. The monoisotopic (exact) mass is 308 g/mol. The summed E-state index contributed by atoms with van der Waals surface area (Å²) in [5.41, 5.74) is 3.43. The number of fused-ring (bicyclic) bond motifs is 2. The summed E-state index contributed by atoms with van der Waals surface area (Å²) < 4.78 is 5.39. The Labute approximate surface area is 133 Å². The van der Waals surface area contributed by atoms with Gasteiger partial charge in [0.2, 0.25) is 0 Å². The molecule has 4 rings (SSSR count). The van der Waals surface area contributed by atoms with E-state index >= 15 is 0 Å². The Bertz CT molecular complexity index is 801. The molecule has 0 saturated heterocycles. The summed E-state index contributed by atoms with van der Waals surface area (Å²) in [4.78, 5) is 26.3. The number of amides is 2. The van der Waals surface area contributed by atoms with Crippen LogP contribution in [0.5, 0.6) is 5.75 Å². The van der Waals surface area contributed by atoms with Crippen molar-refractivity contribution in [1.82, 2.24) is 4.90 Å². The van der Waals surface area contributed by atoms with Crippen molar-refractivity contribution >= 4 is 17.5 Å². The lowest BCUT2D eigenvalue weighted by Gasteiger charge is -2.30. The molecule has 0 unspecified atom stereocenters. The van der Waals surface area contributed by atoms with Crippen molar-refractivity contribution in [3.05, 3.63) is 59.2 Å². The molecule has 5 nitrogen and oxygen atoms in total. The maximum Gasteiger partial charge on any atom is 0.262 e. The molecule has 0 saturated carbocycles. The van der Waals surface area contributed by atoms with Crippen molar-refractivity contribution in [3.8, 4) is 5.75 Å². The lowest BCUT2D eigenvalue weighted by atomic mass is 9.99. The van der Waals surface area contributed by atoms with E-state index in [1.165, 1.54) is 11.1 Å². The number of carbonyl (C=O) groups is 2. The smallest absolute Gasteiger partial charge is 0.262 e. The average molecular weight is 308 g/mol. The Morgan fingerprint density at radius 2 is 1.91 bits per heavy atom. The molecule has 2 aromatic carbocycles. The Balaban J connectivity index is 1.65. The number of nitrogens with zero attached hydrogens (tertiary/aromatic N) is 1. The second-order valence-corrected chi connectivity index (χ2v) is 5.76. The largest absolute Gasteiger partial charge is 0.482 e. The Morgan fingerprint density at radius 3 is 2.78 bits per heavy atom. The summed E-state index contributed by atoms with van der Waals surface area (Å²) >= 11 is 0. The van der Waals surface area contributed by atoms with Crippen molar-refractivity contribution in [1.29, 1.82) is 0 Å². The number of hydrogen-bond acceptors (Lipinski definition) is 3. The highest BCUT2D eigenvalue weighted by Crippen LogP contribution is 2.32. The number of rotatable bonds is 1. The molecule has 23 heavy (non-hydrogen) atoms. The molecule has 5 heteroatoms. The van der Waals surface area contributed by atoms with Gasteiger partial charge in [-0.05, 0) is 29.7 Å². The van der Waals surface area contributed by atoms with Crippen LogP contribution < -0.4 is 10.1 Å². The lowest BCUT2D eigenvalue weighted by molar-refractivity contribution is -0.118. The summed E-state index contributed by atoms with van der Waals surface area (Å²) in [5, 5.41) is 2.76. The molecule has 2 aromatic rings. The molecule has 0 radical (unpaired) electrons. The number of para-hydroxylation sites is 1.